The van der Waals surface area contributed by atoms with E-state index in [-0.39, 0.29) is 5.75 Å². The highest BCUT2D eigenvalue weighted by Crippen LogP contribution is 2.23. The Bertz CT molecular complexity index is 359. The fourth-order valence-corrected chi connectivity index (χ4v) is 1.65. The molecule has 1 saturated heterocycles. The predicted molar refractivity (Wildman–Crippen MR) is 56.5 cm³/mol. The first kappa shape index (κ1) is 9.98. The van der Waals surface area contributed by atoms with Gasteiger partial charge in [-0.3, -0.25) is 4.79 Å². The summed E-state index contributed by atoms with van der Waals surface area (Å²) in [5.74, 6) is 0.0296. The van der Waals surface area contributed by atoms with Crippen LogP contribution >= 0.6 is 0 Å². The molecule has 0 bridgehead atoms. The summed E-state index contributed by atoms with van der Waals surface area (Å²) in [5, 5.41) is 9.36. The van der Waals surface area contributed by atoms with Crippen LogP contribution in [0.5, 0.6) is 5.75 Å². The third kappa shape index (κ3) is 2.10. The number of hydrogen-bond donors (Lipinski definition) is 1. The first-order chi connectivity index (χ1) is 7.31. The van der Waals surface area contributed by atoms with Gasteiger partial charge in [-0.25, -0.2) is 0 Å². The van der Waals surface area contributed by atoms with E-state index < -0.39 is 0 Å². The van der Waals surface area contributed by atoms with E-state index in [1.807, 2.05) is 6.07 Å². The largest absolute Gasteiger partial charge is 0.507 e. The Morgan fingerprint density at radius 1 is 1.33 bits per heavy atom. The number of ether oxygens (including phenoxy) is 1. The summed E-state index contributed by atoms with van der Waals surface area (Å²) in [6.07, 6.45) is 0.666. The number of carbonyl (C=O) groups excluding carboxylic acids is 1. The lowest BCUT2D eigenvalue weighted by Gasteiger charge is -2.29. The Hall–Kier alpha value is -1.55. The van der Waals surface area contributed by atoms with Crippen molar-refractivity contribution < 1.29 is 14.6 Å². The van der Waals surface area contributed by atoms with Gasteiger partial charge in [0.25, 0.3) is 0 Å². The fraction of sp³-hybridized carbons (Fsp3) is 0.364. The maximum absolute atomic E-state index is 10.7. The minimum atomic E-state index is 0.0296. The van der Waals surface area contributed by atoms with Gasteiger partial charge in [-0.1, -0.05) is 0 Å². The lowest BCUT2D eigenvalue weighted by Crippen LogP contribution is -2.36. The number of aromatic hydroxyl groups is 1. The highest BCUT2D eigenvalue weighted by molar-refractivity contribution is 5.81. The molecule has 0 saturated carbocycles. The van der Waals surface area contributed by atoms with Crippen LogP contribution in [0.4, 0.5) is 5.69 Å². The van der Waals surface area contributed by atoms with Crippen LogP contribution in [0.1, 0.15) is 10.4 Å². The number of carbonyl (C=O) groups is 1. The lowest BCUT2D eigenvalue weighted by atomic mass is 10.1. The van der Waals surface area contributed by atoms with E-state index in [0.29, 0.717) is 25.1 Å². The van der Waals surface area contributed by atoms with E-state index in [1.54, 1.807) is 12.1 Å². The molecule has 1 aliphatic heterocycles. The molecule has 0 aliphatic carbocycles. The number of anilines is 1. The molecule has 2 rings (SSSR count). The van der Waals surface area contributed by atoms with Gasteiger partial charge in [0, 0.05) is 18.8 Å². The molecule has 0 atom stereocenters. The number of benzene rings is 1. The highest BCUT2D eigenvalue weighted by atomic mass is 16.5. The van der Waals surface area contributed by atoms with Crippen molar-refractivity contribution in [1.82, 2.24) is 0 Å². The molecule has 1 fully saturated rings. The van der Waals surface area contributed by atoms with Crippen LogP contribution < -0.4 is 4.90 Å². The molecule has 4 heteroatoms. The normalized spacial score (nSPS) is 16.4. The zero-order valence-corrected chi connectivity index (χ0v) is 8.35. The van der Waals surface area contributed by atoms with E-state index >= 15 is 0 Å². The monoisotopic (exact) mass is 207 g/mol. The second-order valence-corrected chi connectivity index (χ2v) is 3.46. The van der Waals surface area contributed by atoms with Gasteiger partial charge in [-0.2, -0.15) is 0 Å². The molecule has 0 unspecified atom stereocenters. The van der Waals surface area contributed by atoms with Crippen LogP contribution in [0.25, 0.3) is 0 Å². The lowest BCUT2D eigenvalue weighted by molar-refractivity contribution is 0.112. The van der Waals surface area contributed by atoms with Crippen molar-refractivity contribution in [2.75, 3.05) is 31.2 Å². The second kappa shape index (κ2) is 4.31. The van der Waals surface area contributed by atoms with Crippen molar-refractivity contribution in [3.63, 3.8) is 0 Å². The molecule has 0 amide bonds. The first-order valence-corrected chi connectivity index (χ1v) is 4.92. The quantitative estimate of drug-likeness (QED) is 0.736. The Labute approximate surface area is 88.1 Å². The molecule has 1 N–H and O–H groups in total. The maximum atomic E-state index is 10.7. The summed E-state index contributed by atoms with van der Waals surface area (Å²) in [7, 11) is 0. The smallest absolute Gasteiger partial charge is 0.153 e. The molecular formula is C11H13NO3. The van der Waals surface area contributed by atoms with Crippen molar-refractivity contribution in [2.45, 2.75) is 0 Å². The van der Waals surface area contributed by atoms with Crippen molar-refractivity contribution in [3.05, 3.63) is 23.8 Å². The molecule has 1 heterocycles. The first-order valence-electron chi connectivity index (χ1n) is 4.92. The Morgan fingerprint density at radius 3 is 2.73 bits per heavy atom. The standard InChI is InChI=1S/C11H13NO3/c13-8-9-7-10(1-2-11(9)14)12-3-5-15-6-4-12/h1-2,7-8,14H,3-6H2. The fourth-order valence-electron chi connectivity index (χ4n) is 1.65. The summed E-state index contributed by atoms with van der Waals surface area (Å²) in [6, 6.07) is 5.07. The van der Waals surface area contributed by atoms with Crippen molar-refractivity contribution >= 4 is 12.0 Å². The Balaban J connectivity index is 2.23. The van der Waals surface area contributed by atoms with Crippen LogP contribution in [0, 0.1) is 0 Å². The molecule has 0 aromatic heterocycles. The number of aldehydes is 1. The predicted octanol–water partition coefficient (Wildman–Crippen LogP) is 1.04. The van der Waals surface area contributed by atoms with E-state index in [1.165, 1.54) is 0 Å². The van der Waals surface area contributed by atoms with Gasteiger partial charge in [0.05, 0.1) is 18.8 Å². The average molecular weight is 207 g/mol. The number of hydrogen-bond acceptors (Lipinski definition) is 4. The highest BCUT2D eigenvalue weighted by Gasteiger charge is 2.12. The number of phenols is 1. The second-order valence-electron chi connectivity index (χ2n) is 3.46. The van der Waals surface area contributed by atoms with Gasteiger partial charge in [0.15, 0.2) is 6.29 Å². The maximum Gasteiger partial charge on any atom is 0.153 e. The van der Waals surface area contributed by atoms with Gasteiger partial charge in [-0.15, -0.1) is 0 Å². The van der Waals surface area contributed by atoms with Crippen LogP contribution in [0.2, 0.25) is 0 Å². The summed E-state index contributed by atoms with van der Waals surface area (Å²) in [6.45, 7) is 3.06. The van der Waals surface area contributed by atoms with Gasteiger partial charge < -0.3 is 14.7 Å². The van der Waals surface area contributed by atoms with Crippen molar-refractivity contribution in [1.29, 1.82) is 0 Å². The van der Waals surface area contributed by atoms with E-state index in [9.17, 15) is 9.90 Å². The van der Waals surface area contributed by atoms with Crippen LogP contribution in [-0.4, -0.2) is 37.7 Å². The Morgan fingerprint density at radius 2 is 2.07 bits per heavy atom. The SMILES string of the molecule is O=Cc1cc(N2CCOCC2)ccc1O. The molecule has 80 valence electrons. The summed E-state index contributed by atoms with van der Waals surface area (Å²) < 4.78 is 5.24. The molecule has 0 spiro atoms. The summed E-state index contributed by atoms with van der Waals surface area (Å²) in [4.78, 5) is 12.8. The summed E-state index contributed by atoms with van der Waals surface area (Å²) >= 11 is 0. The van der Waals surface area contributed by atoms with E-state index in [2.05, 4.69) is 4.90 Å². The van der Waals surface area contributed by atoms with Crippen molar-refractivity contribution in [3.8, 4) is 5.75 Å². The third-order valence-electron chi connectivity index (χ3n) is 2.51. The molecule has 0 radical (unpaired) electrons. The van der Waals surface area contributed by atoms with Crippen LogP contribution in [-0.2, 0) is 4.74 Å². The molecule has 1 aromatic carbocycles. The van der Waals surface area contributed by atoms with E-state index in [4.69, 9.17) is 4.74 Å². The molecule has 4 nitrogen and oxygen atoms in total. The number of phenolic OH excluding ortho intramolecular Hbond substituents is 1. The average Bonchev–Trinajstić information content (AvgIpc) is 2.31. The minimum absolute atomic E-state index is 0.0296. The topological polar surface area (TPSA) is 49.8 Å². The van der Waals surface area contributed by atoms with Crippen molar-refractivity contribution in [2.24, 2.45) is 0 Å². The minimum Gasteiger partial charge on any atom is -0.507 e. The number of morpholine rings is 1. The molecular weight excluding hydrogens is 194 g/mol. The van der Waals surface area contributed by atoms with Gasteiger partial charge >= 0.3 is 0 Å². The third-order valence-corrected chi connectivity index (χ3v) is 2.51. The number of rotatable bonds is 2. The Kier molecular flexibility index (Phi) is 2.87. The van der Waals surface area contributed by atoms with E-state index in [0.717, 1.165) is 18.8 Å². The zero-order chi connectivity index (χ0) is 10.7. The van der Waals surface area contributed by atoms with Crippen LogP contribution in [0.15, 0.2) is 18.2 Å². The summed E-state index contributed by atoms with van der Waals surface area (Å²) in [5.41, 5.74) is 1.29. The van der Waals surface area contributed by atoms with Gasteiger partial charge in [-0.05, 0) is 18.2 Å². The molecule has 1 aliphatic rings. The zero-order valence-electron chi connectivity index (χ0n) is 8.35. The van der Waals surface area contributed by atoms with Crippen LogP contribution in [0.3, 0.4) is 0 Å². The number of nitrogens with zero attached hydrogens (tertiary/aromatic N) is 1. The molecule has 15 heavy (non-hydrogen) atoms. The van der Waals surface area contributed by atoms with Gasteiger partial charge in [0.2, 0.25) is 0 Å². The van der Waals surface area contributed by atoms with Gasteiger partial charge in [0.1, 0.15) is 5.75 Å². The molecule has 1 aromatic rings.